The lowest BCUT2D eigenvalue weighted by Gasteiger charge is -2.04. The minimum Gasteiger partial charge on any atom is -0.478 e. The molecule has 0 aliphatic carbocycles. The summed E-state index contributed by atoms with van der Waals surface area (Å²) in [7, 11) is 0. The number of carbonyl (C=O) groups excluding carboxylic acids is 1. The molecule has 1 aromatic carbocycles. The highest BCUT2D eigenvalue weighted by Crippen LogP contribution is 2.20. The SMILES string of the molecule is C=CC(=O)OCCCCCCCCCCSc1ccc(C(=O)O)cc1. The number of carboxylic acid groups (broad SMARTS) is 1. The van der Waals surface area contributed by atoms with Gasteiger partial charge in [0.15, 0.2) is 0 Å². The predicted octanol–water partition coefficient (Wildman–Crippen LogP) is 5.33. The molecular formula is C20H28O4S. The van der Waals surface area contributed by atoms with Crippen LogP contribution in [-0.4, -0.2) is 29.4 Å². The summed E-state index contributed by atoms with van der Waals surface area (Å²) in [5, 5.41) is 8.86. The Morgan fingerprint density at radius 2 is 1.52 bits per heavy atom. The molecule has 0 saturated carbocycles. The summed E-state index contributed by atoms with van der Waals surface area (Å²) in [6.45, 7) is 3.86. The molecule has 1 aromatic rings. The molecule has 0 amide bonds. The van der Waals surface area contributed by atoms with Crippen LogP contribution in [-0.2, 0) is 9.53 Å². The first-order valence-electron chi connectivity index (χ1n) is 8.89. The van der Waals surface area contributed by atoms with Gasteiger partial charge in [-0.05, 0) is 42.9 Å². The van der Waals surface area contributed by atoms with Crippen molar-refractivity contribution >= 4 is 23.7 Å². The summed E-state index contributed by atoms with van der Waals surface area (Å²) in [5.41, 5.74) is 0.336. The number of aromatic carboxylic acids is 1. The first-order valence-corrected chi connectivity index (χ1v) is 9.87. The van der Waals surface area contributed by atoms with Crippen molar-refractivity contribution in [2.24, 2.45) is 0 Å². The maximum Gasteiger partial charge on any atom is 0.335 e. The van der Waals surface area contributed by atoms with Crippen molar-refractivity contribution in [1.82, 2.24) is 0 Å². The number of benzene rings is 1. The van der Waals surface area contributed by atoms with E-state index in [9.17, 15) is 9.59 Å². The summed E-state index contributed by atoms with van der Waals surface area (Å²) in [5.74, 6) is -0.147. The fourth-order valence-corrected chi connectivity index (χ4v) is 3.29. The maximum atomic E-state index is 10.8. The highest BCUT2D eigenvalue weighted by molar-refractivity contribution is 7.99. The summed E-state index contributed by atoms with van der Waals surface area (Å²) in [4.78, 5) is 22.7. The molecule has 0 unspecified atom stereocenters. The van der Waals surface area contributed by atoms with Gasteiger partial charge in [-0.15, -0.1) is 11.8 Å². The van der Waals surface area contributed by atoms with Gasteiger partial charge < -0.3 is 9.84 Å². The van der Waals surface area contributed by atoms with Crippen LogP contribution in [0, 0.1) is 0 Å². The molecule has 0 aliphatic heterocycles. The minimum absolute atomic E-state index is 0.336. The van der Waals surface area contributed by atoms with E-state index in [0.717, 1.165) is 23.5 Å². The average molecular weight is 365 g/mol. The molecule has 0 saturated heterocycles. The third-order valence-corrected chi connectivity index (χ3v) is 4.92. The molecule has 4 nitrogen and oxygen atoms in total. The van der Waals surface area contributed by atoms with Gasteiger partial charge in [-0.2, -0.15) is 0 Å². The fraction of sp³-hybridized carbons (Fsp3) is 0.500. The van der Waals surface area contributed by atoms with Crippen molar-refractivity contribution in [1.29, 1.82) is 0 Å². The second-order valence-corrected chi connectivity index (χ2v) is 7.05. The van der Waals surface area contributed by atoms with Crippen LogP contribution in [0.4, 0.5) is 0 Å². The van der Waals surface area contributed by atoms with Gasteiger partial charge in [0.25, 0.3) is 0 Å². The Kier molecular flexibility index (Phi) is 11.5. The van der Waals surface area contributed by atoms with Crippen LogP contribution in [0.2, 0.25) is 0 Å². The number of hydrogen-bond acceptors (Lipinski definition) is 4. The lowest BCUT2D eigenvalue weighted by atomic mass is 10.1. The number of hydrogen-bond donors (Lipinski definition) is 1. The fourth-order valence-electron chi connectivity index (χ4n) is 2.38. The molecule has 0 atom stereocenters. The molecule has 138 valence electrons. The van der Waals surface area contributed by atoms with Crippen LogP contribution in [0.15, 0.2) is 41.8 Å². The Hall–Kier alpha value is -1.75. The van der Waals surface area contributed by atoms with Gasteiger partial charge in [0.1, 0.15) is 0 Å². The molecule has 0 bridgehead atoms. The van der Waals surface area contributed by atoms with Crippen molar-refractivity contribution in [3.05, 3.63) is 42.5 Å². The van der Waals surface area contributed by atoms with Gasteiger partial charge in [0.2, 0.25) is 0 Å². The van der Waals surface area contributed by atoms with Crippen molar-refractivity contribution in [3.63, 3.8) is 0 Å². The highest BCUT2D eigenvalue weighted by atomic mass is 32.2. The van der Waals surface area contributed by atoms with Crippen LogP contribution in [0.25, 0.3) is 0 Å². The quantitative estimate of drug-likeness (QED) is 0.209. The first-order chi connectivity index (χ1) is 12.1. The Morgan fingerprint density at radius 1 is 0.960 bits per heavy atom. The molecule has 0 heterocycles. The van der Waals surface area contributed by atoms with Crippen LogP contribution < -0.4 is 0 Å². The number of carboxylic acids is 1. The zero-order chi connectivity index (χ0) is 18.3. The molecule has 0 aromatic heterocycles. The Morgan fingerprint density at radius 3 is 2.08 bits per heavy atom. The first kappa shape index (κ1) is 21.3. The standard InChI is InChI=1S/C20H28O4S/c1-2-19(21)24-15-9-7-5-3-4-6-8-10-16-25-18-13-11-17(12-14-18)20(22)23/h2,11-14H,1,3-10,15-16H2,(H,22,23). The number of thioether (sulfide) groups is 1. The molecule has 25 heavy (non-hydrogen) atoms. The molecule has 0 spiro atoms. The average Bonchev–Trinajstić information content (AvgIpc) is 2.62. The Balaban J connectivity index is 1.89. The van der Waals surface area contributed by atoms with E-state index in [-0.39, 0.29) is 5.97 Å². The monoisotopic (exact) mass is 364 g/mol. The summed E-state index contributed by atoms with van der Waals surface area (Å²) < 4.78 is 4.93. The highest BCUT2D eigenvalue weighted by Gasteiger charge is 2.02. The summed E-state index contributed by atoms with van der Waals surface area (Å²) >= 11 is 1.78. The van der Waals surface area contributed by atoms with Gasteiger partial charge in [0, 0.05) is 11.0 Å². The maximum absolute atomic E-state index is 10.8. The summed E-state index contributed by atoms with van der Waals surface area (Å²) in [6, 6.07) is 7.06. The largest absolute Gasteiger partial charge is 0.478 e. The smallest absolute Gasteiger partial charge is 0.335 e. The number of rotatable bonds is 14. The van der Waals surface area contributed by atoms with Gasteiger partial charge in [-0.25, -0.2) is 9.59 Å². The van der Waals surface area contributed by atoms with E-state index in [1.165, 1.54) is 44.6 Å². The van der Waals surface area contributed by atoms with E-state index in [0.29, 0.717) is 12.2 Å². The second-order valence-electron chi connectivity index (χ2n) is 5.88. The molecule has 0 radical (unpaired) electrons. The normalized spacial score (nSPS) is 10.4. The third kappa shape index (κ3) is 10.7. The molecule has 1 rings (SSSR count). The molecule has 0 aliphatic rings. The van der Waals surface area contributed by atoms with Gasteiger partial charge in [0.05, 0.1) is 12.2 Å². The lowest BCUT2D eigenvalue weighted by Crippen LogP contribution is -2.01. The van der Waals surface area contributed by atoms with Crippen molar-refractivity contribution in [3.8, 4) is 0 Å². The number of esters is 1. The Bertz CT molecular complexity index is 525. The topological polar surface area (TPSA) is 63.6 Å². The van der Waals surface area contributed by atoms with Crippen molar-refractivity contribution in [2.45, 2.75) is 56.3 Å². The second kappa shape index (κ2) is 13.5. The molecule has 5 heteroatoms. The van der Waals surface area contributed by atoms with E-state index >= 15 is 0 Å². The van der Waals surface area contributed by atoms with Gasteiger partial charge >= 0.3 is 11.9 Å². The molecule has 1 N–H and O–H groups in total. The van der Waals surface area contributed by atoms with Crippen molar-refractivity contribution in [2.75, 3.05) is 12.4 Å². The lowest BCUT2D eigenvalue weighted by molar-refractivity contribution is -0.137. The third-order valence-electron chi connectivity index (χ3n) is 3.82. The van der Waals surface area contributed by atoms with E-state index < -0.39 is 5.97 Å². The Labute approximate surface area is 154 Å². The minimum atomic E-state index is -0.880. The van der Waals surface area contributed by atoms with E-state index in [2.05, 4.69) is 6.58 Å². The zero-order valence-corrected chi connectivity index (χ0v) is 15.6. The van der Waals surface area contributed by atoms with E-state index in [1.54, 1.807) is 23.9 Å². The van der Waals surface area contributed by atoms with Gasteiger partial charge in [-0.1, -0.05) is 45.1 Å². The van der Waals surface area contributed by atoms with Crippen molar-refractivity contribution < 1.29 is 19.4 Å². The number of unbranched alkanes of at least 4 members (excludes halogenated alkanes) is 7. The van der Waals surface area contributed by atoms with Crippen LogP contribution in [0.5, 0.6) is 0 Å². The van der Waals surface area contributed by atoms with Crippen LogP contribution >= 0.6 is 11.8 Å². The number of ether oxygens (including phenoxy) is 1. The number of carbonyl (C=O) groups is 2. The zero-order valence-electron chi connectivity index (χ0n) is 14.7. The molecule has 0 fully saturated rings. The van der Waals surface area contributed by atoms with E-state index in [1.807, 2.05) is 12.1 Å². The van der Waals surface area contributed by atoms with Crippen LogP contribution in [0.1, 0.15) is 61.7 Å². The van der Waals surface area contributed by atoms with E-state index in [4.69, 9.17) is 9.84 Å². The predicted molar refractivity (Wildman–Crippen MR) is 102 cm³/mol. The van der Waals surface area contributed by atoms with Crippen LogP contribution in [0.3, 0.4) is 0 Å². The summed E-state index contributed by atoms with van der Waals surface area (Å²) in [6.07, 6.45) is 10.6. The molecular weight excluding hydrogens is 336 g/mol. The van der Waals surface area contributed by atoms with Gasteiger partial charge in [-0.3, -0.25) is 0 Å².